The van der Waals surface area contributed by atoms with Crippen LogP contribution >= 0.6 is 7.89 Å². The predicted molar refractivity (Wildman–Crippen MR) is 16.9 cm³/mol. The van der Waals surface area contributed by atoms with E-state index in [1.807, 2.05) is 0 Å². The first-order chi connectivity index (χ1) is 1.41. The zero-order valence-electron chi connectivity index (χ0n) is 2.40. The van der Waals surface area contributed by atoms with Crippen molar-refractivity contribution in [3.63, 3.8) is 0 Å². The molecule has 1 atom stereocenters. The van der Waals surface area contributed by atoms with Crippen LogP contribution in [0.3, 0.4) is 0 Å². The zero-order valence-corrected chi connectivity index (χ0v) is 9.94. The Balaban J connectivity index is 0. The number of hydrogen-bond acceptors (Lipinski definition) is 0. The van der Waals surface area contributed by atoms with Gasteiger partial charge in [-0.2, -0.15) is 0 Å². The van der Waals surface area contributed by atoms with Crippen LogP contribution in [0, 0.1) is 0 Å². The molecule has 0 spiro atoms. The molecule has 0 aromatic carbocycles. The van der Waals surface area contributed by atoms with Gasteiger partial charge in [0.25, 0.3) is 0 Å². The van der Waals surface area contributed by atoms with Gasteiger partial charge in [0.1, 0.15) is 0 Å². The fraction of sp³-hybridized carbons (Fsp3) is 0. The van der Waals surface area contributed by atoms with Gasteiger partial charge in [0.15, 0.2) is 0 Å². The summed E-state index contributed by atoms with van der Waals surface area (Å²) in [6.07, 6.45) is 0. The van der Waals surface area contributed by atoms with Crippen LogP contribution in [-0.2, 0) is 37.1 Å². The summed E-state index contributed by atoms with van der Waals surface area (Å²) in [5.74, 6) is 0. The maximum Gasteiger partial charge on any atom is 0 e. The second-order valence-electron chi connectivity index (χ2n) is 0.167. The van der Waals surface area contributed by atoms with E-state index in [0.717, 1.165) is 0 Å². The molecule has 0 nitrogen and oxygen atoms in total. The molecule has 0 aliphatic rings. The summed E-state index contributed by atoms with van der Waals surface area (Å²) in [4.78, 5) is 0. The summed E-state index contributed by atoms with van der Waals surface area (Å²) in [5.41, 5.74) is 0. The Hall–Kier alpha value is 2.27. The van der Waals surface area contributed by atoms with E-state index in [1.54, 1.807) is 0 Å². The van der Waals surface area contributed by atoms with Crippen LogP contribution in [0.1, 0.15) is 0 Å². The van der Waals surface area contributed by atoms with E-state index in [4.69, 9.17) is 0 Å². The average Bonchev–Trinajstić information content (AvgIpc) is 0.918. The zero-order chi connectivity index (χ0) is 2.71. The fourth-order valence-corrected chi connectivity index (χ4v) is 0. The Morgan fingerprint density at radius 1 is 1.75 bits per heavy atom. The minimum atomic E-state index is 0. The first kappa shape index (κ1) is 9.55. The predicted octanol–water partition coefficient (Wildman–Crippen LogP) is -0.328. The summed E-state index contributed by atoms with van der Waals surface area (Å²) < 4.78 is 0. The summed E-state index contributed by atoms with van der Waals surface area (Å²) in [6, 6.07) is 0. The molecule has 0 radical (unpaired) electrons. The third-order valence-electron chi connectivity index (χ3n) is 0. The van der Waals surface area contributed by atoms with Gasteiger partial charge in [0.05, 0.1) is 0 Å². The van der Waals surface area contributed by atoms with Crippen molar-refractivity contribution in [3.8, 4) is 0 Å². The molecular formula is H3AlMoPZn. The van der Waals surface area contributed by atoms with Crippen molar-refractivity contribution < 1.29 is 37.1 Å². The first-order valence-corrected chi connectivity index (χ1v) is 8.80. The maximum atomic E-state index is 2.72. The first-order valence-electron chi connectivity index (χ1n) is 0.697. The van der Waals surface area contributed by atoms with Crippen molar-refractivity contribution in [3.05, 3.63) is 0 Å². The molecule has 0 aliphatic heterocycles. The van der Waals surface area contributed by atoms with E-state index < -0.39 is 0 Å². The topological polar surface area (TPSA) is 0 Å². The molecule has 0 bridgehead atoms. The van der Waals surface area contributed by atoms with Gasteiger partial charge in [-0.25, -0.2) is 0 Å². The van der Waals surface area contributed by atoms with E-state index in [2.05, 4.69) is 25.6 Å². The number of hydrogen-bond donors (Lipinski definition) is 0. The smallest absolute Gasteiger partial charge is 0 e. The molecule has 0 N–H and O–H groups in total. The SMILES string of the molecule is [PH2][AlH][Mo].[Zn]. The van der Waals surface area contributed by atoms with Crippen molar-refractivity contribution in [1.29, 1.82) is 0 Å². The van der Waals surface area contributed by atoms with Crippen LogP contribution in [0.5, 0.6) is 0 Å². The standard InChI is InChI=1S/Al.Mo.H2P.Zn.H/h;;1H2;;/q+1;;-1;;. The molecule has 0 aliphatic carbocycles. The van der Waals surface area contributed by atoms with Crippen molar-refractivity contribution in [2.75, 3.05) is 0 Å². The Kier molecular flexibility index (Phi) is 21.5. The molecule has 0 fully saturated rings. The van der Waals surface area contributed by atoms with E-state index in [9.17, 15) is 0 Å². The van der Waals surface area contributed by atoms with E-state index >= 15 is 0 Å². The largest absolute Gasteiger partial charge is 0 e. The van der Waals surface area contributed by atoms with Crippen LogP contribution in [0.2, 0.25) is 0 Å². The Morgan fingerprint density at radius 2 is 1.75 bits per heavy atom. The molecule has 0 rings (SSSR count). The van der Waals surface area contributed by atoms with E-state index in [1.165, 1.54) is 0 Å². The summed E-state index contributed by atoms with van der Waals surface area (Å²) in [6.45, 7) is 0. The molecule has 0 aromatic rings. The Morgan fingerprint density at radius 3 is 1.75 bits per heavy atom. The van der Waals surface area contributed by atoms with Gasteiger partial charge >= 0.3 is 37.7 Å². The summed E-state index contributed by atoms with van der Waals surface area (Å²) >= 11 is 2.52. The molecular weight excluding hydrogens is 219 g/mol. The second kappa shape index (κ2) is 8.99. The molecule has 4 heteroatoms. The summed E-state index contributed by atoms with van der Waals surface area (Å²) in [5, 5.41) is 0. The molecule has 1 unspecified atom stereocenters. The Labute approximate surface area is 56.6 Å². The average molecular weight is 222 g/mol. The van der Waals surface area contributed by atoms with E-state index in [0.29, 0.717) is 12.1 Å². The van der Waals surface area contributed by atoms with Gasteiger partial charge in [-0.3, -0.25) is 0 Å². The minimum Gasteiger partial charge on any atom is 0 e. The fourth-order valence-electron chi connectivity index (χ4n) is 0. The van der Waals surface area contributed by atoms with Crippen LogP contribution in [0.25, 0.3) is 0 Å². The Bertz CT molecular complexity index is 8.00. The van der Waals surface area contributed by atoms with Gasteiger partial charge in [-0.1, -0.05) is 0 Å². The molecule has 0 aromatic heterocycles. The van der Waals surface area contributed by atoms with Crippen molar-refractivity contribution in [2.24, 2.45) is 0 Å². The van der Waals surface area contributed by atoms with Gasteiger partial charge in [0, 0.05) is 19.5 Å². The van der Waals surface area contributed by atoms with Gasteiger partial charge in [0.2, 0.25) is 0 Å². The summed E-state index contributed by atoms with van der Waals surface area (Å²) in [7, 11) is 2.72. The van der Waals surface area contributed by atoms with Crippen molar-refractivity contribution >= 4 is 20.0 Å². The molecule has 4 heavy (non-hydrogen) atoms. The van der Waals surface area contributed by atoms with Crippen LogP contribution in [0.4, 0.5) is 0 Å². The monoisotopic (exact) mass is 223 g/mol. The minimum absolute atomic E-state index is 0. The van der Waals surface area contributed by atoms with Crippen LogP contribution < -0.4 is 0 Å². The van der Waals surface area contributed by atoms with Crippen LogP contribution in [0.15, 0.2) is 0 Å². The third-order valence-corrected chi connectivity index (χ3v) is 0. The molecule has 0 amide bonds. The van der Waals surface area contributed by atoms with Crippen molar-refractivity contribution in [2.45, 2.75) is 0 Å². The third kappa shape index (κ3) is 8.86. The second-order valence-corrected chi connectivity index (χ2v) is 8.87. The molecule has 0 saturated carbocycles. The molecule has 0 saturated heterocycles. The van der Waals surface area contributed by atoms with E-state index in [-0.39, 0.29) is 19.5 Å². The molecule has 19 valence electrons. The quantitative estimate of drug-likeness (QED) is 0.389. The van der Waals surface area contributed by atoms with Gasteiger partial charge in [-0.15, -0.1) is 0 Å². The van der Waals surface area contributed by atoms with Crippen LogP contribution in [-0.4, -0.2) is 12.1 Å². The maximum absolute atomic E-state index is 2.72. The van der Waals surface area contributed by atoms with Crippen molar-refractivity contribution in [1.82, 2.24) is 0 Å². The number of rotatable bonds is 0. The van der Waals surface area contributed by atoms with Gasteiger partial charge < -0.3 is 0 Å². The van der Waals surface area contributed by atoms with Gasteiger partial charge in [-0.05, 0) is 0 Å². The molecule has 0 heterocycles. The normalized spacial score (nSPS) is 3.25.